The van der Waals surface area contributed by atoms with E-state index in [0.29, 0.717) is 0 Å². The number of aryl methyl sites for hydroxylation is 2. The summed E-state index contributed by atoms with van der Waals surface area (Å²) in [6.45, 7) is 2.83. The summed E-state index contributed by atoms with van der Waals surface area (Å²) in [7, 11) is 0. The Labute approximate surface area is 106 Å². The predicted octanol–water partition coefficient (Wildman–Crippen LogP) is 2.61. The van der Waals surface area contributed by atoms with Gasteiger partial charge in [0.25, 0.3) is 0 Å². The lowest BCUT2D eigenvalue weighted by molar-refractivity contribution is 0.588. The van der Waals surface area contributed by atoms with Crippen LogP contribution in [0.2, 0.25) is 0 Å². The molecule has 0 aliphatic carbocycles. The van der Waals surface area contributed by atoms with Crippen LogP contribution < -0.4 is 0 Å². The van der Waals surface area contributed by atoms with Crippen LogP contribution in [0.1, 0.15) is 30.0 Å². The van der Waals surface area contributed by atoms with Gasteiger partial charge in [0, 0.05) is 25.1 Å². The van der Waals surface area contributed by atoms with E-state index in [1.54, 1.807) is 6.20 Å². The Morgan fingerprint density at radius 3 is 3.06 bits per heavy atom. The number of hydrogen-bond donors (Lipinski definition) is 0. The van der Waals surface area contributed by atoms with Crippen molar-refractivity contribution in [1.82, 2.24) is 20.0 Å². The molecule has 0 bridgehead atoms. The quantitative estimate of drug-likeness (QED) is 0.767. The zero-order valence-corrected chi connectivity index (χ0v) is 10.5. The van der Waals surface area contributed by atoms with Crippen LogP contribution in [0, 0.1) is 0 Å². The molecule has 5 heteroatoms. The van der Waals surface area contributed by atoms with Gasteiger partial charge in [-0.2, -0.15) is 0 Å². The van der Waals surface area contributed by atoms with Gasteiger partial charge in [0.2, 0.25) is 0 Å². The van der Waals surface area contributed by atoms with Crippen LogP contribution in [0.4, 0.5) is 0 Å². The maximum absolute atomic E-state index is 6.10. The second-order valence-electron chi connectivity index (χ2n) is 3.89. The summed E-state index contributed by atoms with van der Waals surface area (Å²) in [5.74, 6) is 0. The van der Waals surface area contributed by atoms with Crippen LogP contribution in [0.3, 0.4) is 0 Å². The van der Waals surface area contributed by atoms with Gasteiger partial charge in [0.15, 0.2) is 0 Å². The number of halogens is 1. The minimum Gasteiger partial charge on any atom is -0.264 e. The fraction of sp³-hybridized carbons (Fsp3) is 0.417. The molecule has 0 N–H and O–H groups in total. The monoisotopic (exact) mass is 250 g/mol. The van der Waals surface area contributed by atoms with E-state index in [4.69, 9.17) is 11.6 Å². The molecular formula is C12H15ClN4. The molecule has 1 unspecified atom stereocenters. The third-order valence-electron chi connectivity index (χ3n) is 2.59. The summed E-state index contributed by atoms with van der Waals surface area (Å²) in [6, 6.07) is 4.00. The van der Waals surface area contributed by atoms with Gasteiger partial charge >= 0.3 is 0 Å². The zero-order valence-electron chi connectivity index (χ0n) is 9.75. The Balaban J connectivity index is 1.94. The highest BCUT2D eigenvalue weighted by atomic mass is 35.5. The van der Waals surface area contributed by atoms with E-state index in [2.05, 4.69) is 21.4 Å². The van der Waals surface area contributed by atoms with Crippen molar-refractivity contribution >= 4 is 11.6 Å². The highest BCUT2D eigenvalue weighted by Crippen LogP contribution is 2.20. The summed E-state index contributed by atoms with van der Waals surface area (Å²) in [5.41, 5.74) is 2.04. The molecule has 2 heterocycles. The van der Waals surface area contributed by atoms with Gasteiger partial charge in [-0.05, 0) is 24.5 Å². The Kier molecular flexibility index (Phi) is 4.09. The lowest BCUT2D eigenvalue weighted by atomic mass is 10.2. The van der Waals surface area contributed by atoms with Crippen molar-refractivity contribution in [1.29, 1.82) is 0 Å². The molecule has 0 aromatic carbocycles. The number of rotatable bonds is 5. The van der Waals surface area contributed by atoms with Gasteiger partial charge < -0.3 is 0 Å². The number of alkyl halides is 1. The molecule has 0 saturated carbocycles. The van der Waals surface area contributed by atoms with Crippen molar-refractivity contribution in [3.8, 4) is 0 Å². The second-order valence-corrected chi connectivity index (χ2v) is 4.42. The normalized spacial score (nSPS) is 12.6. The van der Waals surface area contributed by atoms with Crippen LogP contribution in [-0.2, 0) is 13.0 Å². The van der Waals surface area contributed by atoms with E-state index in [1.807, 2.05) is 30.1 Å². The molecule has 2 rings (SSSR count). The van der Waals surface area contributed by atoms with Crippen molar-refractivity contribution in [3.63, 3.8) is 0 Å². The summed E-state index contributed by atoms with van der Waals surface area (Å²) in [5, 5.41) is 8.09. The molecule has 17 heavy (non-hydrogen) atoms. The van der Waals surface area contributed by atoms with Crippen LogP contribution in [0.5, 0.6) is 0 Å². The van der Waals surface area contributed by atoms with Crippen LogP contribution >= 0.6 is 11.6 Å². The molecule has 4 nitrogen and oxygen atoms in total. The van der Waals surface area contributed by atoms with E-state index in [0.717, 1.165) is 25.1 Å². The summed E-state index contributed by atoms with van der Waals surface area (Å²) < 4.78 is 1.83. The Hall–Kier alpha value is -1.42. The fourth-order valence-electron chi connectivity index (χ4n) is 1.56. The zero-order chi connectivity index (χ0) is 12.1. The fourth-order valence-corrected chi connectivity index (χ4v) is 1.66. The molecule has 90 valence electrons. The molecule has 0 aliphatic rings. The Bertz CT molecular complexity index is 455. The summed E-state index contributed by atoms with van der Waals surface area (Å²) in [4.78, 5) is 4.08. The minimum atomic E-state index is -0.0397. The largest absolute Gasteiger partial charge is 0.264 e. The van der Waals surface area contributed by atoms with E-state index in [-0.39, 0.29) is 5.38 Å². The predicted molar refractivity (Wildman–Crippen MR) is 66.8 cm³/mol. The average Bonchev–Trinajstić information content (AvgIpc) is 2.85. The molecule has 2 aromatic heterocycles. The molecular weight excluding hydrogens is 236 g/mol. The first kappa shape index (κ1) is 12.0. The van der Waals surface area contributed by atoms with Crippen molar-refractivity contribution < 1.29 is 0 Å². The first-order valence-corrected chi connectivity index (χ1v) is 6.16. The van der Waals surface area contributed by atoms with Gasteiger partial charge in [0.1, 0.15) is 5.69 Å². The third kappa shape index (κ3) is 3.27. The third-order valence-corrected chi connectivity index (χ3v) is 3.12. The van der Waals surface area contributed by atoms with E-state index >= 15 is 0 Å². The highest BCUT2D eigenvalue weighted by molar-refractivity contribution is 6.20. The van der Waals surface area contributed by atoms with Crippen LogP contribution in [0.15, 0.2) is 30.7 Å². The number of hydrogen-bond acceptors (Lipinski definition) is 3. The SMILES string of the molecule is CCC(Cl)c1cn(CCc2cccnc2)nn1. The maximum atomic E-state index is 6.10. The molecule has 0 saturated heterocycles. The summed E-state index contributed by atoms with van der Waals surface area (Å²) >= 11 is 6.10. The van der Waals surface area contributed by atoms with Crippen molar-refractivity contribution in [3.05, 3.63) is 42.0 Å². The lowest BCUT2D eigenvalue weighted by Gasteiger charge is -2.01. The van der Waals surface area contributed by atoms with Crippen molar-refractivity contribution in [2.24, 2.45) is 0 Å². The van der Waals surface area contributed by atoms with Crippen LogP contribution in [0.25, 0.3) is 0 Å². The van der Waals surface area contributed by atoms with Gasteiger partial charge in [-0.25, -0.2) is 0 Å². The second kappa shape index (κ2) is 5.77. The standard InChI is InChI=1S/C12H15ClN4/c1-2-11(13)12-9-17(16-15-12)7-5-10-4-3-6-14-8-10/h3-4,6,8-9,11H,2,5,7H2,1H3. The van der Waals surface area contributed by atoms with Gasteiger partial charge in [-0.3, -0.25) is 9.67 Å². The topological polar surface area (TPSA) is 43.6 Å². The van der Waals surface area contributed by atoms with Crippen molar-refractivity contribution in [2.75, 3.05) is 0 Å². The number of nitrogens with zero attached hydrogens (tertiary/aromatic N) is 4. The smallest absolute Gasteiger partial charge is 0.100 e. The molecule has 0 fully saturated rings. The molecule has 2 aromatic rings. The van der Waals surface area contributed by atoms with E-state index < -0.39 is 0 Å². The van der Waals surface area contributed by atoms with Gasteiger partial charge in [0.05, 0.1) is 5.38 Å². The average molecular weight is 251 g/mol. The highest BCUT2D eigenvalue weighted by Gasteiger charge is 2.09. The van der Waals surface area contributed by atoms with E-state index in [1.165, 1.54) is 5.56 Å². The minimum absolute atomic E-state index is 0.0397. The van der Waals surface area contributed by atoms with Gasteiger partial charge in [-0.15, -0.1) is 16.7 Å². The Morgan fingerprint density at radius 1 is 1.47 bits per heavy atom. The number of aromatic nitrogens is 4. The first-order chi connectivity index (χ1) is 8.29. The van der Waals surface area contributed by atoms with Crippen molar-refractivity contribution in [2.45, 2.75) is 31.7 Å². The summed E-state index contributed by atoms with van der Waals surface area (Å²) in [6.07, 6.45) is 7.32. The van der Waals surface area contributed by atoms with Crippen LogP contribution in [-0.4, -0.2) is 20.0 Å². The Morgan fingerprint density at radius 2 is 2.35 bits per heavy atom. The van der Waals surface area contributed by atoms with Gasteiger partial charge in [-0.1, -0.05) is 18.2 Å². The molecule has 0 amide bonds. The molecule has 0 radical (unpaired) electrons. The first-order valence-electron chi connectivity index (χ1n) is 5.72. The van der Waals surface area contributed by atoms with E-state index in [9.17, 15) is 0 Å². The molecule has 0 spiro atoms. The number of pyridine rings is 1. The molecule has 0 aliphatic heterocycles. The molecule has 1 atom stereocenters. The maximum Gasteiger partial charge on any atom is 0.100 e. The lowest BCUT2D eigenvalue weighted by Crippen LogP contribution is -2.02.